The summed E-state index contributed by atoms with van der Waals surface area (Å²) in [6.07, 6.45) is 8.02. The fourth-order valence-electron chi connectivity index (χ4n) is 5.80. The smallest absolute Gasteiger partial charge is 0.233 e. The second-order valence-electron chi connectivity index (χ2n) is 8.77. The molecule has 1 aliphatic heterocycles. The largest absolute Gasteiger partial charge is 0.497 e. The normalized spacial score (nSPS) is 35.1. The van der Waals surface area contributed by atoms with E-state index < -0.39 is 0 Å². The molecule has 3 amide bonds. The molecule has 29 heavy (non-hydrogen) atoms. The van der Waals surface area contributed by atoms with E-state index in [0.717, 1.165) is 17.9 Å². The third kappa shape index (κ3) is 2.96. The molecule has 1 heterocycles. The van der Waals surface area contributed by atoms with Crippen molar-refractivity contribution in [1.29, 1.82) is 0 Å². The summed E-state index contributed by atoms with van der Waals surface area (Å²) in [5, 5.41) is 2.97. The third-order valence-electron chi connectivity index (χ3n) is 7.29. The number of carbonyl (C=O) groups is 3. The Morgan fingerprint density at radius 2 is 1.55 bits per heavy atom. The number of benzene rings is 1. The van der Waals surface area contributed by atoms with Crippen LogP contribution in [0.4, 0.5) is 5.69 Å². The molecule has 1 N–H and O–H groups in total. The molecule has 1 saturated heterocycles. The van der Waals surface area contributed by atoms with E-state index in [1.54, 1.807) is 12.0 Å². The van der Waals surface area contributed by atoms with Crippen LogP contribution in [0.1, 0.15) is 32.1 Å². The van der Waals surface area contributed by atoms with Crippen molar-refractivity contribution in [2.45, 2.75) is 38.1 Å². The van der Waals surface area contributed by atoms with Crippen LogP contribution < -0.4 is 10.1 Å². The number of hydrogen-bond acceptors (Lipinski definition) is 4. The molecule has 1 aromatic carbocycles. The number of ether oxygens (including phenoxy) is 1. The Morgan fingerprint density at radius 3 is 2.10 bits per heavy atom. The van der Waals surface area contributed by atoms with E-state index in [0.29, 0.717) is 25.7 Å². The fourth-order valence-corrected chi connectivity index (χ4v) is 5.80. The molecule has 1 aromatic rings. The van der Waals surface area contributed by atoms with Gasteiger partial charge in [0, 0.05) is 17.6 Å². The number of anilines is 1. The van der Waals surface area contributed by atoms with Gasteiger partial charge in [-0.05, 0) is 68.2 Å². The second kappa shape index (κ2) is 7.01. The van der Waals surface area contributed by atoms with Crippen LogP contribution in [0, 0.1) is 29.6 Å². The van der Waals surface area contributed by atoms with Crippen LogP contribution in [0.25, 0.3) is 0 Å². The summed E-state index contributed by atoms with van der Waals surface area (Å²) in [4.78, 5) is 40.2. The molecule has 6 heteroatoms. The van der Waals surface area contributed by atoms with E-state index in [-0.39, 0.29) is 53.4 Å². The lowest BCUT2D eigenvalue weighted by Crippen LogP contribution is -2.44. The summed E-state index contributed by atoms with van der Waals surface area (Å²) in [7, 11) is 1.61. The second-order valence-corrected chi connectivity index (χ2v) is 8.77. The number of nitrogens with zero attached hydrogens (tertiary/aromatic N) is 1. The van der Waals surface area contributed by atoms with Gasteiger partial charge in [-0.3, -0.25) is 19.3 Å². The Bertz CT molecular complexity index is 839. The minimum Gasteiger partial charge on any atom is -0.497 e. The average Bonchev–Trinajstić information content (AvgIpc) is 3.42. The van der Waals surface area contributed by atoms with Crippen LogP contribution in [0.3, 0.4) is 0 Å². The minimum absolute atomic E-state index is 0.00630. The highest BCUT2D eigenvalue weighted by atomic mass is 16.5. The first-order valence-corrected chi connectivity index (χ1v) is 10.6. The zero-order chi connectivity index (χ0) is 20.1. The van der Waals surface area contributed by atoms with Gasteiger partial charge in [-0.15, -0.1) is 0 Å². The molecule has 3 fully saturated rings. The molecule has 0 radical (unpaired) electrons. The SMILES string of the molecule is COc1ccc(NC(=O)C2CCC(N3C(=O)[C@@H]4[C@H](C3=O)[C@@H]3C=C[C@@H]4C3)CC2)cc1. The number of rotatable bonds is 4. The Kier molecular flexibility index (Phi) is 4.45. The number of amides is 3. The number of hydrogen-bond donors (Lipinski definition) is 1. The van der Waals surface area contributed by atoms with Gasteiger partial charge in [-0.1, -0.05) is 12.2 Å². The van der Waals surface area contributed by atoms with E-state index >= 15 is 0 Å². The van der Waals surface area contributed by atoms with E-state index in [2.05, 4.69) is 17.5 Å². The first-order chi connectivity index (χ1) is 14.1. The zero-order valence-electron chi connectivity index (χ0n) is 16.5. The van der Waals surface area contributed by atoms with Gasteiger partial charge in [0.1, 0.15) is 5.75 Å². The third-order valence-corrected chi connectivity index (χ3v) is 7.29. The molecule has 4 atom stereocenters. The van der Waals surface area contributed by atoms with Gasteiger partial charge in [-0.2, -0.15) is 0 Å². The first-order valence-electron chi connectivity index (χ1n) is 10.6. The van der Waals surface area contributed by atoms with E-state index in [1.165, 1.54) is 0 Å². The number of carbonyl (C=O) groups excluding carboxylic acids is 3. The van der Waals surface area contributed by atoms with E-state index in [4.69, 9.17) is 4.74 Å². The average molecular weight is 394 g/mol. The molecule has 4 aliphatic rings. The standard InChI is InChI=1S/C23H26N2O4/c1-29-18-10-6-16(7-11-18)24-21(26)13-4-8-17(9-5-13)25-22(27)19-14-2-3-15(12-14)20(19)23(25)28/h2-3,6-7,10-11,13-15,17,19-20H,4-5,8-9,12H2,1H3,(H,24,26)/t13?,14-,15-,17?,19-,20+/m1/s1. The van der Waals surface area contributed by atoms with Crippen molar-refractivity contribution in [2.75, 3.05) is 12.4 Å². The predicted molar refractivity (Wildman–Crippen MR) is 107 cm³/mol. The number of fused-ring (bicyclic) bond motifs is 5. The topological polar surface area (TPSA) is 75.7 Å². The maximum atomic E-state index is 13.0. The molecular weight excluding hydrogens is 368 g/mol. The molecule has 0 unspecified atom stereocenters. The van der Waals surface area contributed by atoms with Crippen molar-refractivity contribution in [1.82, 2.24) is 4.90 Å². The zero-order valence-corrected chi connectivity index (χ0v) is 16.5. The van der Waals surface area contributed by atoms with Gasteiger partial charge in [-0.25, -0.2) is 0 Å². The van der Waals surface area contributed by atoms with Gasteiger partial charge in [0.05, 0.1) is 18.9 Å². The summed E-state index contributed by atoms with van der Waals surface area (Å²) < 4.78 is 5.14. The molecule has 5 rings (SSSR count). The number of nitrogens with one attached hydrogen (secondary N) is 1. The molecule has 0 spiro atoms. The Morgan fingerprint density at radius 1 is 0.966 bits per heavy atom. The molecule has 2 bridgehead atoms. The van der Waals surface area contributed by atoms with Crippen LogP contribution in [-0.4, -0.2) is 35.8 Å². The fraction of sp³-hybridized carbons (Fsp3) is 0.522. The number of allylic oxidation sites excluding steroid dienone is 2. The summed E-state index contributed by atoms with van der Waals surface area (Å²) in [6.45, 7) is 0. The Labute approximate surface area is 170 Å². The van der Waals surface area contributed by atoms with Crippen molar-refractivity contribution in [2.24, 2.45) is 29.6 Å². The van der Waals surface area contributed by atoms with E-state index in [9.17, 15) is 14.4 Å². The van der Waals surface area contributed by atoms with Gasteiger partial charge in [0.2, 0.25) is 17.7 Å². The van der Waals surface area contributed by atoms with Gasteiger partial charge in [0.15, 0.2) is 0 Å². The Balaban J connectivity index is 1.19. The maximum absolute atomic E-state index is 13.0. The molecule has 6 nitrogen and oxygen atoms in total. The van der Waals surface area contributed by atoms with Gasteiger partial charge in [0.25, 0.3) is 0 Å². The summed E-state index contributed by atoms with van der Waals surface area (Å²) in [5.74, 6) is 0.964. The van der Waals surface area contributed by atoms with Gasteiger partial charge < -0.3 is 10.1 Å². The highest BCUT2D eigenvalue weighted by Gasteiger charge is 2.60. The molecule has 2 saturated carbocycles. The quantitative estimate of drug-likeness (QED) is 0.629. The minimum atomic E-state index is -0.131. The van der Waals surface area contributed by atoms with Crippen LogP contribution in [0.5, 0.6) is 5.75 Å². The van der Waals surface area contributed by atoms with Gasteiger partial charge >= 0.3 is 0 Å². The highest BCUT2D eigenvalue weighted by Crippen LogP contribution is 2.53. The molecular formula is C23H26N2O4. The van der Waals surface area contributed by atoms with E-state index in [1.807, 2.05) is 24.3 Å². The summed E-state index contributed by atoms with van der Waals surface area (Å²) >= 11 is 0. The van der Waals surface area contributed by atoms with Crippen molar-refractivity contribution in [3.63, 3.8) is 0 Å². The highest BCUT2D eigenvalue weighted by molar-refractivity contribution is 6.06. The lowest BCUT2D eigenvalue weighted by molar-refractivity contribution is -0.144. The molecule has 0 aromatic heterocycles. The summed E-state index contributed by atoms with van der Waals surface area (Å²) in [5.41, 5.74) is 0.749. The van der Waals surface area contributed by atoms with Crippen molar-refractivity contribution >= 4 is 23.4 Å². The van der Waals surface area contributed by atoms with Crippen LogP contribution in [0.15, 0.2) is 36.4 Å². The maximum Gasteiger partial charge on any atom is 0.233 e. The Hall–Kier alpha value is -2.63. The lowest BCUT2D eigenvalue weighted by atomic mass is 9.84. The summed E-state index contributed by atoms with van der Waals surface area (Å²) in [6, 6.07) is 7.23. The first kappa shape index (κ1) is 18.4. The van der Waals surface area contributed by atoms with Crippen LogP contribution in [0.2, 0.25) is 0 Å². The van der Waals surface area contributed by atoms with Crippen LogP contribution >= 0.6 is 0 Å². The van der Waals surface area contributed by atoms with Crippen LogP contribution in [-0.2, 0) is 14.4 Å². The molecule has 152 valence electrons. The number of methoxy groups -OCH3 is 1. The van der Waals surface area contributed by atoms with Crippen molar-refractivity contribution < 1.29 is 19.1 Å². The monoisotopic (exact) mass is 394 g/mol. The lowest BCUT2D eigenvalue weighted by Gasteiger charge is -2.33. The molecule has 3 aliphatic carbocycles. The van der Waals surface area contributed by atoms with Crippen molar-refractivity contribution in [3.8, 4) is 5.75 Å². The number of likely N-dealkylation sites (tertiary alicyclic amines) is 1. The predicted octanol–water partition coefficient (Wildman–Crippen LogP) is 3.00. The number of imide groups is 1. The van der Waals surface area contributed by atoms with Crippen molar-refractivity contribution in [3.05, 3.63) is 36.4 Å².